The van der Waals surface area contributed by atoms with Crippen LogP contribution < -0.4 is 0 Å². The highest BCUT2D eigenvalue weighted by atomic mass is 16.5. The second-order valence-corrected chi connectivity index (χ2v) is 8.86. The van der Waals surface area contributed by atoms with Gasteiger partial charge >= 0.3 is 5.97 Å². The van der Waals surface area contributed by atoms with E-state index in [0.29, 0.717) is 12.5 Å². The van der Waals surface area contributed by atoms with Crippen molar-refractivity contribution in [3.63, 3.8) is 0 Å². The Morgan fingerprint density at radius 3 is 2.17 bits per heavy atom. The third-order valence-electron chi connectivity index (χ3n) is 7.00. The molecule has 154 valence electrons. The zero-order chi connectivity index (χ0) is 20.1. The van der Waals surface area contributed by atoms with Gasteiger partial charge in [-0.1, -0.05) is 94.0 Å². The minimum absolute atomic E-state index is 0.0508. The molecule has 0 aromatic heterocycles. The van der Waals surface area contributed by atoms with E-state index in [1.807, 2.05) is 0 Å². The van der Waals surface area contributed by atoms with Gasteiger partial charge < -0.3 is 4.74 Å². The van der Waals surface area contributed by atoms with Crippen LogP contribution in [0.3, 0.4) is 0 Å². The van der Waals surface area contributed by atoms with Crippen molar-refractivity contribution in [2.45, 2.75) is 70.6 Å². The van der Waals surface area contributed by atoms with Gasteiger partial charge in [-0.2, -0.15) is 0 Å². The molecule has 2 aromatic rings. The van der Waals surface area contributed by atoms with E-state index in [9.17, 15) is 4.79 Å². The topological polar surface area (TPSA) is 26.3 Å². The first kappa shape index (κ1) is 20.2. The molecule has 0 spiro atoms. The summed E-state index contributed by atoms with van der Waals surface area (Å²) >= 11 is 0. The molecule has 2 aliphatic rings. The Morgan fingerprint density at radius 2 is 1.55 bits per heavy atom. The number of ether oxygens (including phenoxy) is 1. The normalized spacial score (nSPS) is 17.6. The van der Waals surface area contributed by atoms with Crippen LogP contribution in [0.1, 0.15) is 81.8 Å². The smallest absolute Gasteiger partial charge is 0.309 e. The zero-order valence-electron chi connectivity index (χ0n) is 17.7. The van der Waals surface area contributed by atoms with E-state index in [2.05, 4.69) is 55.5 Å². The van der Waals surface area contributed by atoms with Crippen LogP contribution in [0.25, 0.3) is 11.1 Å². The Hall–Kier alpha value is -2.09. The summed E-state index contributed by atoms with van der Waals surface area (Å²) < 4.78 is 6.05. The maximum Gasteiger partial charge on any atom is 0.309 e. The van der Waals surface area contributed by atoms with Gasteiger partial charge in [0.1, 0.15) is 6.61 Å². The Labute approximate surface area is 175 Å². The van der Waals surface area contributed by atoms with Crippen molar-refractivity contribution in [3.8, 4) is 11.1 Å². The Balaban J connectivity index is 1.47. The number of hydrogen-bond acceptors (Lipinski definition) is 2. The number of rotatable bonds is 8. The average molecular weight is 391 g/mol. The highest BCUT2D eigenvalue weighted by Gasteiger charge is 2.33. The Morgan fingerprint density at radius 1 is 0.931 bits per heavy atom. The number of esters is 1. The van der Waals surface area contributed by atoms with Crippen LogP contribution in [-0.2, 0) is 9.53 Å². The van der Waals surface area contributed by atoms with E-state index in [-0.39, 0.29) is 17.8 Å². The average Bonchev–Trinajstić information content (AvgIpc) is 3.09. The molecule has 2 heteroatoms. The van der Waals surface area contributed by atoms with Crippen LogP contribution in [0, 0.1) is 11.8 Å². The summed E-state index contributed by atoms with van der Waals surface area (Å²) in [5, 5.41) is 0. The highest BCUT2D eigenvalue weighted by Crippen LogP contribution is 2.44. The molecule has 0 N–H and O–H groups in total. The van der Waals surface area contributed by atoms with Crippen LogP contribution in [0.4, 0.5) is 0 Å². The SMILES string of the molecule is CCCCCC(C(=O)OCC1c2ccccc2-c2ccccc21)C1CCCCC1. The third kappa shape index (κ3) is 4.42. The van der Waals surface area contributed by atoms with Crippen LogP contribution >= 0.6 is 0 Å². The number of benzene rings is 2. The van der Waals surface area contributed by atoms with Crippen molar-refractivity contribution in [1.29, 1.82) is 0 Å². The van der Waals surface area contributed by atoms with Crippen molar-refractivity contribution in [2.75, 3.05) is 6.61 Å². The Kier molecular flexibility index (Phi) is 6.69. The lowest BCUT2D eigenvalue weighted by molar-refractivity contribution is -0.151. The fourth-order valence-electron chi connectivity index (χ4n) is 5.41. The van der Waals surface area contributed by atoms with E-state index < -0.39 is 0 Å². The molecular weight excluding hydrogens is 356 g/mol. The van der Waals surface area contributed by atoms with Crippen molar-refractivity contribution in [2.24, 2.45) is 11.8 Å². The van der Waals surface area contributed by atoms with Gasteiger partial charge in [-0.05, 0) is 47.4 Å². The predicted octanol–water partition coefficient (Wildman–Crippen LogP) is 7.12. The highest BCUT2D eigenvalue weighted by molar-refractivity contribution is 5.79. The fourth-order valence-corrected chi connectivity index (χ4v) is 5.41. The van der Waals surface area contributed by atoms with Gasteiger partial charge in [0.25, 0.3) is 0 Å². The molecule has 0 heterocycles. The van der Waals surface area contributed by atoms with Gasteiger partial charge in [0.15, 0.2) is 0 Å². The molecule has 2 nitrogen and oxygen atoms in total. The Bertz CT molecular complexity index is 773. The lowest BCUT2D eigenvalue weighted by atomic mass is 9.78. The molecule has 1 fully saturated rings. The first-order valence-electron chi connectivity index (χ1n) is 11.6. The largest absolute Gasteiger partial charge is 0.464 e. The van der Waals surface area contributed by atoms with Crippen LogP contribution in [0.2, 0.25) is 0 Å². The molecule has 0 bridgehead atoms. The fraction of sp³-hybridized carbons (Fsp3) is 0.519. The molecule has 2 aliphatic carbocycles. The minimum atomic E-state index is 0.0508. The summed E-state index contributed by atoms with van der Waals surface area (Å²) in [4.78, 5) is 13.2. The summed E-state index contributed by atoms with van der Waals surface area (Å²) in [6.45, 7) is 2.69. The van der Waals surface area contributed by atoms with E-state index in [1.54, 1.807) is 0 Å². The van der Waals surface area contributed by atoms with Crippen molar-refractivity contribution in [3.05, 3.63) is 59.7 Å². The molecule has 0 saturated heterocycles. The van der Waals surface area contributed by atoms with Crippen molar-refractivity contribution in [1.82, 2.24) is 0 Å². The van der Waals surface area contributed by atoms with Gasteiger partial charge in [0.2, 0.25) is 0 Å². The first-order valence-corrected chi connectivity index (χ1v) is 11.6. The first-order chi connectivity index (χ1) is 14.3. The third-order valence-corrected chi connectivity index (χ3v) is 7.00. The summed E-state index contributed by atoms with van der Waals surface area (Å²) in [6, 6.07) is 17.1. The van der Waals surface area contributed by atoms with Gasteiger partial charge in [-0.25, -0.2) is 0 Å². The molecule has 0 radical (unpaired) electrons. The van der Waals surface area contributed by atoms with Crippen molar-refractivity contribution >= 4 is 5.97 Å². The second-order valence-electron chi connectivity index (χ2n) is 8.86. The van der Waals surface area contributed by atoms with E-state index in [4.69, 9.17) is 4.74 Å². The lowest BCUT2D eigenvalue weighted by Crippen LogP contribution is -2.28. The second kappa shape index (κ2) is 9.61. The number of carbonyl (C=O) groups excluding carboxylic acids is 1. The number of hydrogen-bond donors (Lipinski definition) is 0. The van der Waals surface area contributed by atoms with Gasteiger partial charge in [-0.3, -0.25) is 4.79 Å². The monoisotopic (exact) mass is 390 g/mol. The molecular formula is C27H34O2. The summed E-state index contributed by atoms with van der Waals surface area (Å²) in [5.41, 5.74) is 5.16. The molecule has 2 aromatic carbocycles. The summed E-state index contributed by atoms with van der Waals surface area (Å²) in [5.74, 6) is 0.828. The molecule has 1 unspecified atom stereocenters. The van der Waals surface area contributed by atoms with Crippen molar-refractivity contribution < 1.29 is 9.53 Å². The van der Waals surface area contributed by atoms with Gasteiger partial charge in [0.05, 0.1) is 5.92 Å². The summed E-state index contributed by atoms with van der Waals surface area (Å²) in [7, 11) is 0. The van der Waals surface area contributed by atoms with Crippen LogP contribution in [0.5, 0.6) is 0 Å². The van der Waals surface area contributed by atoms with E-state index in [1.165, 1.54) is 67.2 Å². The number of fused-ring (bicyclic) bond motifs is 3. The molecule has 0 aliphatic heterocycles. The van der Waals surface area contributed by atoms with Crippen LogP contribution in [-0.4, -0.2) is 12.6 Å². The molecule has 4 rings (SSSR count). The quantitative estimate of drug-likeness (QED) is 0.354. The van der Waals surface area contributed by atoms with Crippen LogP contribution in [0.15, 0.2) is 48.5 Å². The van der Waals surface area contributed by atoms with E-state index >= 15 is 0 Å². The zero-order valence-corrected chi connectivity index (χ0v) is 17.7. The molecule has 29 heavy (non-hydrogen) atoms. The van der Waals surface area contributed by atoms with Gasteiger partial charge in [0, 0.05) is 5.92 Å². The van der Waals surface area contributed by atoms with E-state index in [0.717, 1.165) is 12.8 Å². The maximum atomic E-state index is 13.2. The minimum Gasteiger partial charge on any atom is -0.464 e. The standard InChI is InChI=1S/C27H34O2/c1-2-3-5-14-21(20-12-6-4-7-13-20)27(28)29-19-26-24-17-10-8-15-22(24)23-16-9-11-18-25(23)26/h8-11,15-18,20-21,26H,2-7,12-14,19H2,1H3. The van der Waals surface area contributed by atoms with Gasteiger partial charge in [-0.15, -0.1) is 0 Å². The number of carbonyl (C=O) groups is 1. The molecule has 0 amide bonds. The lowest BCUT2D eigenvalue weighted by Gasteiger charge is -2.29. The summed E-state index contributed by atoms with van der Waals surface area (Å²) in [6.07, 6.45) is 10.8. The number of unbranched alkanes of at least 4 members (excludes halogenated alkanes) is 2. The molecule has 1 atom stereocenters. The predicted molar refractivity (Wildman–Crippen MR) is 119 cm³/mol. The molecule has 1 saturated carbocycles. The maximum absolute atomic E-state index is 13.2.